The molecule has 0 radical (unpaired) electrons. The molecule has 0 bridgehead atoms. The molecule has 21 unspecified atom stereocenters. The number of carbonyl (C=O) groups excluding carboxylic acids is 3. The Kier molecular flexibility index (Phi) is 40.7. The Morgan fingerprint density at radius 2 is 1.11 bits per heavy atom. The van der Waals surface area contributed by atoms with Crippen LogP contribution >= 0.6 is 0 Å². The lowest BCUT2D eigenvalue weighted by Gasteiger charge is -2.41. The highest BCUT2D eigenvalue weighted by Gasteiger charge is 2.44. The van der Waals surface area contributed by atoms with Gasteiger partial charge >= 0.3 is 0 Å². The van der Waals surface area contributed by atoms with Crippen LogP contribution in [0.5, 0.6) is 0 Å². The third kappa shape index (κ3) is 34.8. The first-order valence-electron chi connectivity index (χ1n) is 30.9. The first kappa shape index (κ1) is 80.1. The molecule has 21 atom stereocenters. The zero-order chi connectivity index (χ0) is 66.4. The highest BCUT2D eigenvalue weighted by molar-refractivity contribution is 6.03. The second-order valence-corrected chi connectivity index (χ2v) is 23.2. The van der Waals surface area contributed by atoms with Gasteiger partial charge in [-0.15, -0.1) is 0 Å². The van der Waals surface area contributed by atoms with Crippen LogP contribution < -0.4 is 11.1 Å². The number of carbonyl (C=O) groups is 3. The van der Waals surface area contributed by atoms with Crippen molar-refractivity contribution < 1.29 is 100 Å². The maximum absolute atomic E-state index is 13.6. The zero-order valence-electron chi connectivity index (χ0n) is 51.8. The molecule has 1 heterocycles. The normalized spacial score (nSPS) is 25.1. The Bertz CT molecular complexity index is 2400. The van der Waals surface area contributed by atoms with Crippen molar-refractivity contribution >= 4 is 17.5 Å². The quantitative estimate of drug-likeness (QED) is 0.0180. The highest BCUT2D eigenvalue weighted by Crippen LogP contribution is 2.27. The number of aliphatic hydroxyl groups excluding tert-OH is 15. The van der Waals surface area contributed by atoms with Crippen molar-refractivity contribution in [1.82, 2.24) is 5.32 Å². The molecule has 0 aromatic carbocycles. The van der Waals surface area contributed by atoms with Gasteiger partial charge in [0, 0.05) is 49.5 Å². The average Bonchev–Trinajstić information content (AvgIpc) is 4.06. The summed E-state index contributed by atoms with van der Waals surface area (Å²) in [4.78, 5) is 37.2. The molecule has 0 spiro atoms. The number of aliphatic hydroxyl groups is 15. The monoisotopic (exact) mass is 1260 g/mol. The molecule has 1 saturated heterocycles. The van der Waals surface area contributed by atoms with Crippen LogP contribution in [0.25, 0.3) is 0 Å². The summed E-state index contributed by atoms with van der Waals surface area (Å²) in [5.41, 5.74) is 5.50. The Hall–Kier alpha value is -5.03. The summed E-state index contributed by atoms with van der Waals surface area (Å²) in [6.07, 6.45) is 19.0. The molecule has 2 rings (SSSR count). The van der Waals surface area contributed by atoms with Gasteiger partial charge in [0.15, 0.2) is 12.1 Å². The minimum Gasteiger partial charge on any atom is -0.393 e. The van der Waals surface area contributed by atoms with E-state index < -0.39 is 140 Å². The van der Waals surface area contributed by atoms with Gasteiger partial charge in [-0.05, 0) is 83.8 Å². The summed E-state index contributed by atoms with van der Waals surface area (Å²) >= 11 is 0. The summed E-state index contributed by atoms with van der Waals surface area (Å²) in [7, 11) is 0. The van der Waals surface area contributed by atoms with Crippen molar-refractivity contribution in [2.75, 3.05) is 6.54 Å². The first-order chi connectivity index (χ1) is 42.2. The number of rotatable bonds is 44. The summed E-state index contributed by atoms with van der Waals surface area (Å²) in [6.45, 7) is 6.97. The van der Waals surface area contributed by atoms with Gasteiger partial charge in [0.2, 0.25) is 5.91 Å². The molecular weight excluding hydrogens is 1150 g/mol. The SMILES string of the molecule is CC(/C=C/CC/C=C/C=C/C=C/C=C/C(=O)NC1=CC(O)CC1=O)C(O)C(C)C(O)/C=C/C=C/C=C/C=C/CC(OC1OC(C)C(O)C(O)C1O)C(C)C(=O)CC(O)CC(O)CC(O)/C=C/CC(O)CC(O)CC(O)CC(O)/C=C/CC(O)CC(O)CCN. The van der Waals surface area contributed by atoms with E-state index in [1.807, 2.05) is 37.3 Å². The molecule has 1 amide bonds. The Labute approximate surface area is 524 Å². The molecule has 22 heteroatoms. The molecule has 0 aromatic heterocycles. The van der Waals surface area contributed by atoms with Crippen LogP contribution in [0.15, 0.2) is 145 Å². The second-order valence-electron chi connectivity index (χ2n) is 23.2. The van der Waals surface area contributed by atoms with Crippen LogP contribution in [-0.2, 0) is 23.9 Å². The largest absolute Gasteiger partial charge is 0.393 e. The Balaban J connectivity index is 1.83. The van der Waals surface area contributed by atoms with E-state index in [2.05, 4.69) is 5.32 Å². The fourth-order valence-electron chi connectivity index (χ4n) is 9.64. The number of amides is 1. The van der Waals surface area contributed by atoms with E-state index in [4.69, 9.17) is 15.2 Å². The number of unbranched alkanes of at least 4 members (excludes halogenated alkanes) is 1. The van der Waals surface area contributed by atoms with E-state index in [-0.39, 0.29) is 88.2 Å². The summed E-state index contributed by atoms with van der Waals surface area (Å²) in [5.74, 6) is -2.85. The van der Waals surface area contributed by atoms with Crippen LogP contribution in [0.1, 0.15) is 118 Å². The molecule has 18 N–H and O–H groups in total. The molecule has 22 nitrogen and oxygen atoms in total. The number of hydrogen-bond acceptors (Lipinski definition) is 21. The van der Waals surface area contributed by atoms with E-state index in [0.717, 1.165) is 12.8 Å². The predicted octanol–water partition coefficient (Wildman–Crippen LogP) is 2.13. The van der Waals surface area contributed by atoms with Crippen LogP contribution in [0.2, 0.25) is 0 Å². The molecule has 1 fully saturated rings. The van der Waals surface area contributed by atoms with Crippen molar-refractivity contribution in [3.8, 4) is 0 Å². The van der Waals surface area contributed by atoms with Gasteiger partial charge in [0.25, 0.3) is 0 Å². The van der Waals surface area contributed by atoms with Crippen molar-refractivity contribution in [2.45, 2.75) is 228 Å². The number of ether oxygens (including phenoxy) is 2. The molecule has 2 aliphatic rings. The Morgan fingerprint density at radius 1 is 0.596 bits per heavy atom. The van der Waals surface area contributed by atoms with Crippen molar-refractivity contribution in [1.29, 1.82) is 0 Å². The van der Waals surface area contributed by atoms with Crippen LogP contribution in [-0.4, -0.2) is 211 Å². The summed E-state index contributed by atoms with van der Waals surface area (Å²) in [5, 5.41) is 158. The maximum atomic E-state index is 13.6. The third-order valence-electron chi connectivity index (χ3n) is 15.0. The minimum absolute atomic E-state index is 0.0178. The first-order valence-corrected chi connectivity index (χ1v) is 30.9. The van der Waals surface area contributed by atoms with E-state index in [1.165, 1.54) is 49.5 Å². The fraction of sp³-hybridized carbons (Fsp3) is 0.597. The lowest BCUT2D eigenvalue weighted by atomic mass is 9.88. The number of nitrogens with two attached hydrogens (primary N) is 1. The second kappa shape index (κ2) is 45.3. The van der Waals surface area contributed by atoms with Crippen molar-refractivity contribution in [3.63, 3.8) is 0 Å². The van der Waals surface area contributed by atoms with E-state index in [0.29, 0.717) is 6.42 Å². The molecule has 1 aliphatic heterocycles. The van der Waals surface area contributed by atoms with Crippen molar-refractivity contribution in [2.24, 2.45) is 23.5 Å². The number of nitrogens with one attached hydrogen (secondary N) is 1. The summed E-state index contributed by atoms with van der Waals surface area (Å²) in [6, 6.07) is 0. The van der Waals surface area contributed by atoms with Crippen LogP contribution in [0.3, 0.4) is 0 Å². The topological polar surface area (TPSA) is 411 Å². The van der Waals surface area contributed by atoms with E-state index in [9.17, 15) is 91.0 Å². The molecule has 502 valence electrons. The highest BCUT2D eigenvalue weighted by atomic mass is 16.7. The number of Topliss-reactive ketones (excluding diaryl/α,β-unsaturated/α-hetero) is 2. The number of hydrogen-bond donors (Lipinski definition) is 17. The van der Waals surface area contributed by atoms with Gasteiger partial charge in [-0.3, -0.25) is 14.4 Å². The average molecular weight is 1260 g/mol. The molecule has 0 aromatic rings. The van der Waals surface area contributed by atoms with Gasteiger partial charge in [0.1, 0.15) is 24.1 Å². The lowest BCUT2D eigenvalue weighted by molar-refractivity contribution is -0.306. The van der Waals surface area contributed by atoms with Gasteiger partial charge in [-0.2, -0.15) is 0 Å². The minimum atomic E-state index is -1.65. The van der Waals surface area contributed by atoms with Gasteiger partial charge in [-0.25, -0.2) is 0 Å². The van der Waals surface area contributed by atoms with E-state index >= 15 is 0 Å². The fourth-order valence-corrected chi connectivity index (χ4v) is 9.64. The molecule has 89 heavy (non-hydrogen) atoms. The van der Waals surface area contributed by atoms with Gasteiger partial charge in [-0.1, -0.05) is 148 Å². The van der Waals surface area contributed by atoms with Crippen LogP contribution in [0, 0.1) is 17.8 Å². The zero-order valence-corrected chi connectivity index (χ0v) is 51.8. The lowest BCUT2D eigenvalue weighted by Crippen LogP contribution is -2.58. The Morgan fingerprint density at radius 3 is 1.70 bits per heavy atom. The molecule has 0 saturated carbocycles. The van der Waals surface area contributed by atoms with Gasteiger partial charge in [0.05, 0.1) is 91.2 Å². The number of ketones is 2. The third-order valence-corrected chi connectivity index (χ3v) is 15.0. The van der Waals surface area contributed by atoms with E-state index in [1.54, 1.807) is 80.7 Å². The maximum Gasteiger partial charge on any atom is 0.248 e. The predicted molar refractivity (Wildman–Crippen MR) is 337 cm³/mol. The van der Waals surface area contributed by atoms with Gasteiger partial charge < -0.3 is 97.1 Å². The number of allylic oxidation sites excluding steroid dienone is 15. The smallest absolute Gasteiger partial charge is 0.248 e. The standard InChI is InChI=1S/C67H104N2O20/c1-43(24-18-14-10-7-5-6-8-13-17-21-31-62(83)69-57-40-56(79)42-60(57)82)63(84)45(3)58(80)29-19-15-11-9-12-16-20-30-61(89-67-66(87)65(86)64(85)46(4)88-67)44(2)59(81)41-55(78)39-54(77)37-50(73)28-23-27-49(72)36-53(76)38-52(75)35-48(71)26-22-25-47(70)34-51(74)32-33-68/h5-9,11-13,15-24,26,28-29,31,40,43-56,58,61,63-67,70-80,84-87H,10,14,25,27,30,32-39,41-42,68H2,1-4H3,(H,69,83)/b7-5+,8-6+,12-9+,15-11+,17-13+,20-16+,24-18+,26-22+,28-23+,29-19+,31-21+. The van der Waals surface area contributed by atoms with Crippen molar-refractivity contribution in [3.05, 3.63) is 145 Å². The van der Waals surface area contributed by atoms with Crippen LogP contribution in [0.4, 0.5) is 0 Å². The molecule has 1 aliphatic carbocycles. The summed E-state index contributed by atoms with van der Waals surface area (Å²) < 4.78 is 11.7. The molecular formula is C67H104N2O20.